The molecule has 26 heavy (non-hydrogen) atoms. The lowest BCUT2D eigenvalue weighted by Gasteiger charge is -2.18. The van der Waals surface area contributed by atoms with Crippen molar-refractivity contribution in [2.24, 2.45) is 0 Å². The maximum Gasteiger partial charge on any atom is 0.227 e. The minimum Gasteiger partial charge on any atom is -0.312 e. The van der Waals surface area contributed by atoms with Gasteiger partial charge in [-0.15, -0.1) is 0 Å². The number of anilines is 1. The van der Waals surface area contributed by atoms with Gasteiger partial charge >= 0.3 is 0 Å². The summed E-state index contributed by atoms with van der Waals surface area (Å²) < 4.78 is 0. The number of aromatic nitrogens is 1. The second kappa shape index (κ2) is 7.26. The van der Waals surface area contributed by atoms with Gasteiger partial charge in [0.1, 0.15) is 0 Å². The SMILES string of the molecule is CC(NCc1cccc2cccnc12)c1ccc(N2CCCC2=O)cc1. The Morgan fingerprint density at radius 3 is 2.69 bits per heavy atom. The summed E-state index contributed by atoms with van der Waals surface area (Å²) in [5, 5.41) is 4.75. The standard InChI is InChI=1S/C22H23N3O/c1-16(17-9-11-20(12-10-17)25-14-4-8-21(25)26)24-15-19-6-2-5-18-7-3-13-23-22(18)19/h2-3,5-7,9-13,16,24H,4,8,14-15H2,1H3. The maximum atomic E-state index is 11.9. The topological polar surface area (TPSA) is 45.2 Å². The smallest absolute Gasteiger partial charge is 0.227 e. The van der Waals surface area contributed by atoms with E-state index in [4.69, 9.17) is 0 Å². The van der Waals surface area contributed by atoms with E-state index in [2.05, 4.69) is 65.8 Å². The number of nitrogens with one attached hydrogen (secondary N) is 1. The second-order valence-electron chi connectivity index (χ2n) is 6.84. The fraction of sp³-hybridized carbons (Fsp3) is 0.273. The Bertz CT molecular complexity index is 915. The quantitative estimate of drug-likeness (QED) is 0.753. The summed E-state index contributed by atoms with van der Waals surface area (Å²) in [7, 11) is 0. The molecule has 1 fully saturated rings. The predicted octanol–water partition coefficient (Wildman–Crippen LogP) is 4.21. The molecule has 1 aliphatic heterocycles. The number of para-hydroxylation sites is 1. The van der Waals surface area contributed by atoms with Crippen molar-refractivity contribution < 1.29 is 4.79 Å². The number of nitrogens with zero attached hydrogens (tertiary/aromatic N) is 2. The van der Waals surface area contributed by atoms with Crippen molar-refractivity contribution >= 4 is 22.5 Å². The third-order valence-electron chi connectivity index (χ3n) is 5.09. The van der Waals surface area contributed by atoms with Crippen molar-refractivity contribution in [1.29, 1.82) is 0 Å². The van der Waals surface area contributed by atoms with Crippen molar-refractivity contribution in [2.45, 2.75) is 32.4 Å². The lowest BCUT2D eigenvalue weighted by atomic mass is 10.1. The molecule has 0 aliphatic carbocycles. The molecule has 132 valence electrons. The van der Waals surface area contributed by atoms with Crippen molar-refractivity contribution in [3.05, 3.63) is 71.9 Å². The number of hydrogen-bond acceptors (Lipinski definition) is 3. The second-order valence-corrected chi connectivity index (χ2v) is 6.84. The van der Waals surface area contributed by atoms with Crippen LogP contribution in [0.25, 0.3) is 10.9 Å². The van der Waals surface area contributed by atoms with Gasteiger partial charge in [0.05, 0.1) is 5.52 Å². The third-order valence-corrected chi connectivity index (χ3v) is 5.09. The van der Waals surface area contributed by atoms with Gasteiger partial charge in [0.25, 0.3) is 0 Å². The Kier molecular flexibility index (Phi) is 4.67. The van der Waals surface area contributed by atoms with Crippen LogP contribution in [0.2, 0.25) is 0 Å². The van der Waals surface area contributed by atoms with E-state index in [1.54, 1.807) is 0 Å². The average Bonchev–Trinajstić information content (AvgIpc) is 3.12. The van der Waals surface area contributed by atoms with Crippen molar-refractivity contribution in [1.82, 2.24) is 10.3 Å². The summed E-state index contributed by atoms with van der Waals surface area (Å²) in [6, 6.07) is 18.9. The van der Waals surface area contributed by atoms with Gasteiger partial charge in [0.15, 0.2) is 0 Å². The summed E-state index contributed by atoms with van der Waals surface area (Å²) in [5.74, 6) is 0.229. The van der Waals surface area contributed by atoms with Crippen LogP contribution in [0.1, 0.15) is 36.9 Å². The molecule has 3 aromatic rings. The fourth-order valence-electron chi connectivity index (χ4n) is 3.56. The first-order valence-corrected chi connectivity index (χ1v) is 9.19. The fourth-order valence-corrected chi connectivity index (χ4v) is 3.56. The van der Waals surface area contributed by atoms with Crippen LogP contribution in [-0.4, -0.2) is 17.4 Å². The molecule has 4 rings (SSSR count). The van der Waals surface area contributed by atoms with E-state index in [1.165, 1.54) is 16.5 Å². The average molecular weight is 345 g/mol. The van der Waals surface area contributed by atoms with E-state index in [1.807, 2.05) is 17.2 Å². The summed E-state index contributed by atoms with van der Waals surface area (Å²) in [6.07, 6.45) is 3.46. The number of pyridine rings is 1. The van der Waals surface area contributed by atoms with E-state index in [0.717, 1.165) is 30.7 Å². The van der Waals surface area contributed by atoms with Gasteiger partial charge in [0.2, 0.25) is 5.91 Å². The molecule has 1 unspecified atom stereocenters. The van der Waals surface area contributed by atoms with E-state index in [-0.39, 0.29) is 11.9 Å². The first-order chi connectivity index (χ1) is 12.7. The van der Waals surface area contributed by atoms with Crippen LogP contribution in [0.3, 0.4) is 0 Å². The lowest BCUT2D eigenvalue weighted by Crippen LogP contribution is -2.23. The summed E-state index contributed by atoms with van der Waals surface area (Å²) in [5.41, 5.74) is 4.47. The largest absolute Gasteiger partial charge is 0.312 e. The van der Waals surface area contributed by atoms with E-state index in [9.17, 15) is 4.79 Å². The molecule has 1 amide bonds. The van der Waals surface area contributed by atoms with Crippen LogP contribution in [0.15, 0.2) is 60.8 Å². The zero-order chi connectivity index (χ0) is 17.9. The normalized spacial score (nSPS) is 15.6. The van der Waals surface area contributed by atoms with Crippen LogP contribution in [0, 0.1) is 0 Å². The van der Waals surface area contributed by atoms with Crippen LogP contribution in [-0.2, 0) is 11.3 Å². The summed E-state index contributed by atoms with van der Waals surface area (Å²) >= 11 is 0. The van der Waals surface area contributed by atoms with Crippen molar-refractivity contribution in [2.75, 3.05) is 11.4 Å². The van der Waals surface area contributed by atoms with E-state index in [0.29, 0.717) is 6.42 Å². The number of amides is 1. The molecule has 1 saturated heterocycles. The molecule has 2 heterocycles. The van der Waals surface area contributed by atoms with Crippen LogP contribution >= 0.6 is 0 Å². The van der Waals surface area contributed by atoms with Crippen LogP contribution in [0.5, 0.6) is 0 Å². The van der Waals surface area contributed by atoms with E-state index >= 15 is 0 Å². The van der Waals surface area contributed by atoms with Crippen molar-refractivity contribution in [3.63, 3.8) is 0 Å². The van der Waals surface area contributed by atoms with E-state index < -0.39 is 0 Å². The molecule has 0 spiro atoms. The Balaban J connectivity index is 1.44. The molecule has 1 N–H and O–H groups in total. The van der Waals surface area contributed by atoms with Crippen LogP contribution < -0.4 is 10.2 Å². The molecular formula is C22H23N3O. The maximum absolute atomic E-state index is 11.9. The number of benzene rings is 2. The van der Waals surface area contributed by atoms with Crippen molar-refractivity contribution in [3.8, 4) is 0 Å². The molecule has 0 bridgehead atoms. The summed E-state index contributed by atoms with van der Waals surface area (Å²) in [6.45, 7) is 3.76. The highest BCUT2D eigenvalue weighted by Crippen LogP contribution is 2.24. The molecule has 1 atom stereocenters. The lowest BCUT2D eigenvalue weighted by molar-refractivity contribution is -0.117. The minimum absolute atomic E-state index is 0.220. The minimum atomic E-state index is 0.220. The Hall–Kier alpha value is -2.72. The Morgan fingerprint density at radius 2 is 1.92 bits per heavy atom. The van der Waals surface area contributed by atoms with Gasteiger partial charge in [-0.25, -0.2) is 0 Å². The number of carbonyl (C=O) groups is 1. The molecule has 4 nitrogen and oxygen atoms in total. The monoisotopic (exact) mass is 345 g/mol. The highest BCUT2D eigenvalue weighted by atomic mass is 16.2. The van der Waals surface area contributed by atoms with Gasteiger partial charge in [-0.1, -0.05) is 36.4 Å². The van der Waals surface area contributed by atoms with Gasteiger partial charge in [-0.05, 0) is 42.7 Å². The molecule has 1 aromatic heterocycles. The van der Waals surface area contributed by atoms with Gasteiger partial charge in [-0.2, -0.15) is 0 Å². The zero-order valence-electron chi connectivity index (χ0n) is 15.0. The number of fused-ring (bicyclic) bond motifs is 1. The molecule has 2 aromatic carbocycles. The molecule has 4 heteroatoms. The summed E-state index contributed by atoms with van der Waals surface area (Å²) in [4.78, 5) is 18.3. The highest BCUT2D eigenvalue weighted by molar-refractivity contribution is 5.95. The first-order valence-electron chi connectivity index (χ1n) is 9.19. The Labute approximate surface area is 153 Å². The molecular weight excluding hydrogens is 322 g/mol. The van der Waals surface area contributed by atoms with Gasteiger partial charge < -0.3 is 10.2 Å². The molecule has 1 aliphatic rings. The van der Waals surface area contributed by atoms with Crippen LogP contribution in [0.4, 0.5) is 5.69 Å². The third kappa shape index (κ3) is 3.33. The highest BCUT2D eigenvalue weighted by Gasteiger charge is 2.21. The van der Waals surface area contributed by atoms with Gasteiger partial charge in [-0.3, -0.25) is 9.78 Å². The first kappa shape index (κ1) is 16.7. The number of carbonyl (C=O) groups excluding carboxylic acids is 1. The number of hydrogen-bond donors (Lipinski definition) is 1. The Morgan fingerprint density at radius 1 is 1.12 bits per heavy atom. The molecule has 0 radical (unpaired) electrons. The number of rotatable bonds is 5. The van der Waals surface area contributed by atoms with Gasteiger partial charge in [0, 0.05) is 42.8 Å². The zero-order valence-corrected chi connectivity index (χ0v) is 15.0. The predicted molar refractivity (Wildman–Crippen MR) is 105 cm³/mol. The molecule has 0 saturated carbocycles.